The van der Waals surface area contributed by atoms with Crippen LogP contribution < -0.4 is 10.2 Å². The number of rotatable bonds is 6. The van der Waals surface area contributed by atoms with Gasteiger partial charge in [-0.3, -0.25) is 14.4 Å². The largest absolute Gasteiger partial charge is 0.452 e. The quantitative estimate of drug-likeness (QED) is 0.438. The highest BCUT2D eigenvalue weighted by Gasteiger charge is 2.38. The predicted octanol–water partition coefficient (Wildman–Crippen LogP) is 4.17. The molecule has 1 atom stereocenters. The van der Waals surface area contributed by atoms with Crippen LogP contribution in [0, 0.1) is 0 Å². The van der Waals surface area contributed by atoms with Crippen molar-refractivity contribution in [2.75, 3.05) is 11.5 Å². The van der Waals surface area contributed by atoms with E-state index in [0.717, 1.165) is 10.5 Å². The molecule has 1 heterocycles. The number of para-hydroxylation sites is 1. The molecule has 33 heavy (non-hydrogen) atoms. The van der Waals surface area contributed by atoms with Crippen LogP contribution in [0.4, 0.5) is 5.69 Å². The van der Waals surface area contributed by atoms with Gasteiger partial charge < -0.3 is 10.1 Å². The van der Waals surface area contributed by atoms with Crippen molar-refractivity contribution < 1.29 is 23.9 Å². The molecule has 8 heteroatoms. The minimum atomic E-state index is -0.781. The highest BCUT2D eigenvalue weighted by Crippen LogP contribution is 2.33. The van der Waals surface area contributed by atoms with Gasteiger partial charge in [0, 0.05) is 0 Å². The van der Waals surface area contributed by atoms with Crippen molar-refractivity contribution >= 4 is 41.0 Å². The molecule has 3 aromatic carbocycles. The Bertz CT molecular complexity index is 1260. The summed E-state index contributed by atoms with van der Waals surface area (Å²) in [5, 5.41) is 3.00. The highest BCUT2D eigenvalue weighted by atomic mass is 35.5. The van der Waals surface area contributed by atoms with E-state index < -0.39 is 30.3 Å². The third kappa shape index (κ3) is 4.49. The van der Waals surface area contributed by atoms with Crippen molar-refractivity contribution in [3.8, 4) is 0 Å². The minimum absolute atomic E-state index is 0.0554. The van der Waals surface area contributed by atoms with Crippen LogP contribution in [0.3, 0.4) is 0 Å². The lowest BCUT2D eigenvalue weighted by atomic mass is 10.1. The number of nitrogens with one attached hydrogen (secondary N) is 1. The SMILES string of the molecule is C[C@H](NC(=O)COC(=O)c1ccc2c(c1)C(=O)N(c1ccccc1Cl)C2=O)c1ccccc1. The van der Waals surface area contributed by atoms with Crippen molar-refractivity contribution in [3.05, 3.63) is 100 Å². The van der Waals surface area contributed by atoms with Crippen LogP contribution in [0.5, 0.6) is 0 Å². The average Bonchev–Trinajstić information content (AvgIpc) is 3.07. The van der Waals surface area contributed by atoms with Gasteiger partial charge in [-0.2, -0.15) is 0 Å². The molecular formula is C25H19ClN2O5. The number of amides is 3. The van der Waals surface area contributed by atoms with Gasteiger partial charge in [-0.1, -0.05) is 54.1 Å². The second kappa shape index (κ2) is 9.26. The van der Waals surface area contributed by atoms with Crippen molar-refractivity contribution in [1.29, 1.82) is 0 Å². The molecule has 7 nitrogen and oxygen atoms in total. The van der Waals surface area contributed by atoms with E-state index in [0.29, 0.717) is 0 Å². The zero-order valence-electron chi connectivity index (χ0n) is 17.6. The summed E-state index contributed by atoms with van der Waals surface area (Å²) in [6, 6.07) is 19.7. The molecular weight excluding hydrogens is 444 g/mol. The maximum Gasteiger partial charge on any atom is 0.338 e. The molecule has 1 N–H and O–H groups in total. The lowest BCUT2D eigenvalue weighted by molar-refractivity contribution is -0.124. The summed E-state index contributed by atoms with van der Waals surface area (Å²) in [5.74, 6) is -2.36. The molecule has 0 radical (unpaired) electrons. The van der Waals surface area contributed by atoms with Crippen molar-refractivity contribution in [1.82, 2.24) is 5.32 Å². The van der Waals surface area contributed by atoms with Crippen molar-refractivity contribution in [2.45, 2.75) is 13.0 Å². The first kappa shape index (κ1) is 22.2. The molecule has 3 aromatic rings. The highest BCUT2D eigenvalue weighted by molar-refractivity contribution is 6.39. The van der Waals surface area contributed by atoms with Gasteiger partial charge in [-0.15, -0.1) is 0 Å². The molecule has 0 aliphatic carbocycles. The molecule has 1 aliphatic heterocycles. The molecule has 0 aromatic heterocycles. The smallest absolute Gasteiger partial charge is 0.338 e. The van der Waals surface area contributed by atoms with Crippen LogP contribution in [0.25, 0.3) is 0 Å². The zero-order valence-corrected chi connectivity index (χ0v) is 18.3. The molecule has 1 aliphatic rings. The van der Waals surface area contributed by atoms with Gasteiger partial charge >= 0.3 is 5.97 Å². The molecule has 0 saturated carbocycles. The number of carbonyl (C=O) groups is 4. The Morgan fingerprint density at radius 1 is 0.939 bits per heavy atom. The van der Waals surface area contributed by atoms with E-state index in [1.54, 1.807) is 24.3 Å². The number of benzene rings is 3. The van der Waals surface area contributed by atoms with Gasteiger partial charge in [0.2, 0.25) is 0 Å². The summed E-state index contributed by atoms with van der Waals surface area (Å²) in [7, 11) is 0. The Kier molecular flexibility index (Phi) is 6.24. The fraction of sp³-hybridized carbons (Fsp3) is 0.120. The van der Waals surface area contributed by atoms with Gasteiger partial charge in [0.25, 0.3) is 17.7 Å². The topological polar surface area (TPSA) is 92.8 Å². The van der Waals surface area contributed by atoms with Gasteiger partial charge in [0.05, 0.1) is 33.4 Å². The standard InChI is InChI=1S/C25H19ClN2O5/c1-15(16-7-3-2-4-8-16)27-22(29)14-33-25(32)17-11-12-18-19(13-17)24(31)28(23(18)30)21-10-6-5-9-20(21)26/h2-13,15H,14H2,1H3,(H,27,29)/t15-/m0/s1. The first-order valence-corrected chi connectivity index (χ1v) is 10.5. The van der Waals surface area contributed by atoms with E-state index in [1.807, 2.05) is 37.3 Å². The van der Waals surface area contributed by atoms with Crippen LogP contribution in [-0.4, -0.2) is 30.3 Å². The number of hydrogen-bond acceptors (Lipinski definition) is 5. The number of halogens is 1. The summed E-state index contributed by atoms with van der Waals surface area (Å²) in [6.07, 6.45) is 0. The molecule has 3 amide bonds. The Morgan fingerprint density at radius 3 is 2.33 bits per heavy atom. The number of ether oxygens (including phenoxy) is 1. The van der Waals surface area contributed by atoms with Gasteiger partial charge in [0.15, 0.2) is 6.61 Å². The van der Waals surface area contributed by atoms with Gasteiger partial charge in [-0.05, 0) is 42.8 Å². The Labute approximate surface area is 194 Å². The van der Waals surface area contributed by atoms with Gasteiger partial charge in [-0.25, -0.2) is 9.69 Å². The number of fused-ring (bicyclic) bond motifs is 1. The maximum atomic E-state index is 12.9. The normalized spacial score (nSPS) is 13.5. The molecule has 0 saturated heterocycles. The third-order valence-corrected chi connectivity index (χ3v) is 5.55. The first-order valence-electron chi connectivity index (χ1n) is 10.2. The number of imide groups is 1. The van der Waals surface area contributed by atoms with E-state index in [9.17, 15) is 19.2 Å². The van der Waals surface area contributed by atoms with E-state index >= 15 is 0 Å². The molecule has 0 bridgehead atoms. The van der Waals surface area contributed by atoms with Crippen LogP contribution in [-0.2, 0) is 9.53 Å². The van der Waals surface area contributed by atoms with Crippen LogP contribution in [0.2, 0.25) is 5.02 Å². The number of hydrogen-bond donors (Lipinski definition) is 1. The maximum absolute atomic E-state index is 12.9. The van der Waals surface area contributed by atoms with Gasteiger partial charge in [0.1, 0.15) is 0 Å². The van der Waals surface area contributed by atoms with E-state index in [1.165, 1.54) is 18.2 Å². The van der Waals surface area contributed by atoms with Crippen molar-refractivity contribution in [3.63, 3.8) is 0 Å². The lowest BCUT2D eigenvalue weighted by Gasteiger charge is -2.15. The first-order chi connectivity index (χ1) is 15.9. The minimum Gasteiger partial charge on any atom is -0.452 e. The Morgan fingerprint density at radius 2 is 1.61 bits per heavy atom. The monoisotopic (exact) mass is 462 g/mol. The number of anilines is 1. The molecule has 0 spiro atoms. The fourth-order valence-corrected chi connectivity index (χ4v) is 3.76. The number of esters is 1. The molecule has 0 unspecified atom stereocenters. The molecule has 166 valence electrons. The Balaban J connectivity index is 1.43. The summed E-state index contributed by atoms with van der Waals surface area (Å²) in [5.41, 5.74) is 1.46. The molecule has 4 rings (SSSR count). The second-order valence-corrected chi connectivity index (χ2v) is 7.84. The number of nitrogens with zero attached hydrogens (tertiary/aromatic N) is 1. The third-order valence-electron chi connectivity index (χ3n) is 5.23. The van der Waals surface area contributed by atoms with Crippen LogP contribution in [0.1, 0.15) is 49.6 Å². The fourth-order valence-electron chi connectivity index (χ4n) is 3.54. The summed E-state index contributed by atoms with van der Waals surface area (Å²) in [4.78, 5) is 51.2. The summed E-state index contributed by atoms with van der Waals surface area (Å²) < 4.78 is 5.10. The summed E-state index contributed by atoms with van der Waals surface area (Å²) in [6.45, 7) is 1.34. The van der Waals surface area contributed by atoms with E-state index in [4.69, 9.17) is 16.3 Å². The van der Waals surface area contributed by atoms with E-state index in [-0.39, 0.29) is 33.4 Å². The average molecular weight is 463 g/mol. The lowest BCUT2D eigenvalue weighted by Crippen LogP contribution is -2.31. The Hall–Kier alpha value is -3.97. The van der Waals surface area contributed by atoms with Crippen LogP contribution in [0.15, 0.2) is 72.8 Å². The predicted molar refractivity (Wildman–Crippen MR) is 122 cm³/mol. The number of carbonyl (C=O) groups excluding carboxylic acids is 4. The van der Waals surface area contributed by atoms with E-state index in [2.05, 4.69) is 5.32 Å². The van der Waals surface area contributed by atoms with Crippen molar-refractivity contribution in [2.24, 2.45) is 0 Å². The van der Waals surface area contributed by atoms with Crippen LogP contribution >= 0.6 is 11.6 Å². The molecule has 0 fully saturated rings. The zero-order chi connectivity index (χ0) is 23.5. The second-order valence-electron chi connectivity index (χ2n) is 7.43. The summed E-state index contributed by atoms with van der Waals surface area (Å²) >= 11 is 6.15.